The van der Waals surface area contributed by atoms with Gasteiger partial charge in [-0.15, -0.1) is 0 Å². The van der Waals surface area contributed by atoms with E-state index in [9.17, 15) is 14.4 Å². The largest absolute Gasteiger partial charge is 0.444 e. The second-order valence-corrected chi connectivity index (χ2v) is 10.0. The second-order valence-electron chi connectivity index (χ2n) is 9.67. The van der Waals surface area contributed by atoms with Gasteiger partial charge in [-0.05, 0) is 51.2 Å². The molecule has 184 valence electrons. The third-order valence-electron chi connectivity index (χ3n) is 5.81. The van der Waals surface area contributed by atoms with E-state index in [0.29, 0.717) is 0 Å². The van der Waals surface area contributed by atoms with Crippen LogP contribution in [0.15, 0.2) is 24.3 Å². The number of likely N-dealkylation sites (N-methyl/N-ethyl adjacent to an activating group) is 1. The molecule has 0 heterocycles. The summed E-state index contributed by atoms with van der Waals surface area (Å²) in [5, 5.41) is 5.73. The summed E-state index contributed by atoms with van der Waals surface area (Å²) in [5.74, 6) is -0.537. The van der Waals surface area contributed by atoms with E-state index in [1.54, 1.807) is 27.8 Å². The molecule has 1 aromatic carbocycles. The van der Waals surface area contributed by atoms with Gasteiger partial charge in [0.05, 0.1) is 0 Å². The van der Waals surface area contributed by atoms with Gasteiger partial charge < -0.3 is 20.3 Å². The van der Waals surface area contributed by atoms with E-state index in [-0.39, 0.29) is 17.7 Å². The fourth-order valence-electron chi connectivity index (χ4n) is 4.02. The molecular weight excluding hydrogens is 438 g/mol. The number of ether oxygens (including phenoxy) is 1. The van der Waals surface area contributed by atoms with Gasteiger partial charge in [0, 0.05) is 18.8 Å². The zero-order valence-corrected chi connectivity index (χ0v) is 21.4. The van der Waals surface area contributed by atoms with Crippen molar-refractivity contribution in [2.45, 2.75) is 89.9 Å². The van der Waals surface area contributed by atoms with E-state index >= 15 is 0 Å². The first-order chi connectivity index (χ1) is 15.6. The molecule has 2 atom stereocenters. The Hall–Kier alpha value is -2.22. The molecule has 8 heteroatoms. The zero-order valence-electron chi connectivity index (χ0n) is 20.5. The van der Waals surface area contributed by atoms with Crippen LogP contribution in [-0.4, -0.2) is 53.3 Å². The van der Waals surface area contributed by atoms with Gasteiger partial charge in [-0.25, -0.2) is 4.79 Å². The Labute approximate surface area is 203 Å². The van der Waals surface area contributed by atoms with Crippen LogP contribution >= 0.6 is 12.6 Å². The van der Waals surface area contributed by atoms with Crippen molar-refractivity contribution in [2.75, 3.05) is 12.8 Å². The van der Waals surface area contributed by atoms with Crippen LogP contribution in [0.2, 0.25) is 0 Å². The summed E-state index contributed by atoms with van der Waals surface area (Å²) in [6.07, 6.45) is 5.46. The van der Waals surface area contributed by atoms with Gasteiger partial charge in [-0.2, -0.15) is 12.6 Å². The average molecular weight is 478 g/mol. The molecule has 1 aromatic rings. The fourth-order valence-corrected chi connectivity index (χ4v) is 4.27. The summed E-state index contributed by atoms with van der Waals surface area (Å²) in [6, 6.07) is 6.12. The zero-order chi connectivity index (χ0) is 24.6. The topological polar surface area (TPSA) is 87.7 Å². The summed E-state index contributed by atoms with van der Waals surface area (Å²) in [6.45, 7) is 7.32. The molecule has 1 fully saturated rings. The van der Waals surface area contributed by atoms with Crippen molar-refractivity contribution in [1.82, 2.24) is 15.5 Å². The van der Waals surface area contributed by atoms with Gasteiger partial charge in [-0.3, -0.25) is 9.59 Å². The fraction of sp³-hybridized carbons (Fsp3) is 0.640. The van der Waals surface area contributed by atoms with E-state index in [1.807, 2.05) is 24.3 Å². The molecule has 3 amide bonds. The molecular formula is C25H39N3O4S. The van der Waals surface area contributed by atoms with Gasteiger partial charge in [-0.1, -0.05) is 50.5 Å². The number of hydrogen-bond acceptors (Lipinski definition) is 5. The minimum atomic E-state index is -0.923. The van der Waals surface area contributed by atoms with E-state index in [2.05, 4.69) is 30.2 Å². The average Bonchev–Trinajstić information content (AvgIpc) is 2.77. The highest BCUT2D eigenvalue weighted by molar-refractivity contribution is 7.80. The number of nitrogens with one attached hydrogen (secondary N) is 2. The molecule has 0 spiro atoms. The van der Waals surface area contributed by atoms with E-state index in [1.165, 1.54) is 11.3 Å². The summed E-state index contributed by atoms with van der Waals surface area (Å²) in [4.78, 5) is 40.4. The Morgan fingerprint density at radius 1 is 1.12 bits per heavy atom. The number of carbonyl (C=O) groups is 3. The lowest BCUT2D eigenvalue weighted by atomic mass is 9.94. The van der Waals surface area contributed by atoms with Gasteiger partial charge in [0.25, 0.3) is 0 Å². The molecule has 0 aliphatic heterocycles. The summed E-state index contributed by atoms with van der Waals surface area (Å²) in [7, 11) is 1.59. The van der Waals surface area contributed by atoms with Crippen molar-refractivity contribution >= 4 is 30.5 Å². The quantitative estimate of drug-likeness (QED) is 0.494. The lowest BCUT2D eigenvalue weighted by Gasteiger charge is -2.33. The van der Waals surface area contributed by atoms with Crippen LogP contribution in [-0.2, 0) is 20.7 Å². The summed E-state index contributed by atoms with van der Waals surface area (Å²) in [5.41, 5.74) is 1.19. The number of carbonyl (C=O) groups excluding carboxylic acids is 3. The molecule has 0 aromatic heterocycles. The Kier molecular flexibility index (Phi) is 10.1. The first kappa shape index (κ1) is 27.0. The van der Waals surface area contributed by atoms with Gasteiger partial charge in [0.2, 0.25) is 11.8 Å². The molecule has 2 unspecified atom stereocenters. The van der Waals surface area contributed by atoms with Crippen LogP contribution in [0.5, 0.6) is 0 Å². The Morgan fingerprint density at radius 2 is 1.73 bits per heavy atom. The summed E-state index contributed by atoms with van der Waals surface area (Å²) >= 11 is 4.26. The predicted molar refractivity (Wildman–Crippen MR) is 133 cm³/mol. The monoisotopic (exact) mass is 477 g/mol. The molecule has 33 heavy (non-hydrogen) atoms. The van der Waals surface area contributed by atoms with E-state index in [4.69, 9.17) is 4.74 Å². The number of rotatable bonds is 8. The second kappa shape index (κ2) is 12.3. The highest BCUT2D eigenvalue weighted by Gasteiger charge is 2.34. The maximum atomic E-state index is 13.4. The molecule has 1 aliphatic carbocycles. The van der Waals surface area contributed by atoms with E-state index < -0.39 is 29.7 Å². The molecule has 7 nitrogen and oxygen atoms in total. The van der Waals surface area contributed by atoms with Gasteiger partial charge in [0.15, 0.2) is 0 Å². The van der Waals surface area contributed by atoms with Crippen LogP contribution in [0.25, 0.3) is 0 Å². The maximum absolute atomic E-state index is 13.4. The normalized spacial score (nSPS) is 16.4. The van der Waals surface area contributed by atoms with Crippen LogP contribution in [0.4, 0.5) is 4.79 Å². The third kappa shape index (κ3) is 8.25. The maximum Gasteiger partial charge on any atom is 0.408 e. The lowest BCUT2D eigenvalue weighted by molar-refractivity contribution is -0.140. The number of thiol groups is 1. The third-order valence-corrected chi connectivity index (χ3v) is 6.18. The highest BCUT2D eigenvalue weighted by atomic mass is 32.1. The first-order valence-corrected chi connectivity index (χ1v) is 12.4. The van der Waals surface area contributed by atoms with Crippen molar-refractivity contribution in [2.24, 2.45) is 0 Å². The van der Waals surface area contributed by atoms with Gasteiger partial charge >= 0.3 is 6.09 Å². The first-order valence-electron chi connectivity index (χ1n) is 11.8. The van der Waals surface area contributed by atoms with Crippen molar-refractivity contribution in [1.29, 1.82) is 0 Å². The smallest absolute Gasteiger partial charge is 0.408 e. The van der Waals surface area contributed by atoms with Crippen LogP contribution < -0.4 is 10.6 Å². The molecule has 2 N–H and O–H groups in total. The minimum absolute atomic E-state index is 0.0775. The number of amides is 3. The van der Waals surface area contributed by atoms with Crippen LogP contribution in [0.1, 0.15) is 77.0 Å². The summed E-state index contributed by atoms with van der Waals surface area (Å²) < 4.78 is 5.28. The standard InChI is InChI=1S/C25H39N3O4S/c1-6-17-12-14-18(15-13-17)21(22(29)26-19-10-8-7-9-11-19)28(5)23(30)20(16-33)27-24(31)32-25(2,3)4/h12-15,19-21,33H,6-11,16H2,1-5H3,(H,26,29)(H,27,31). The minimum Gasteiger partial charge on any atom is -0.444 e. The molecule has 2 rings (SSSR count). The van der Waals surface area contributed by atoms with Crippen molar-refractivity contribution in [3.05, 3.63) is 35.4 Å². The lowest BCUT2D eigenvalue weighted by Crippen LogP contribution is -2.53. The molecule has 0 saturated heterocycles. The number of benzene rings is 1. The predicted octanol–water partition coefficient (Wildman–Crippen LogP) is 4.02. The van der Waals surface area contributed by atoms with Crippen LogP contribution in [0.3, 0.4) is 0 Å². The number of hydrogen-bond donors (Lipinski definition) is 3. The van der Waals surface area contributed by atoms with Crippen molar-refractivity contribution in [3.8, 4) is 0 Å². The SMILES string of the molecule is CCc1ccc(C(C(=O)NC2CCCCC2)N(C)C(=O)C(CS)NC(=O)OC(C)(C)C)cc1. The Bertz CT molecular complexity index is 801. The number of nitrogens with zero attached hydrogens (tertiary/aromatic N) is 1. The molecule has 0 radical (unpaired) electrons. The van der Waals surface area contributed by atoms with E-state index in [0.717, 1.165) is 43.2 Å². The molecule has 1 aliphatic rings. The Morgan fingerprint density at radius 3 is 2.24 bits per heavy atom. The number of aryl methyl sites for hydroxylation is 1. The van der Waals surface area contributed by atoms with Gasteiger partial charge in [0.1, 0.15) is 17.7 Å². The van der Waals surface area contributed by atoms with Crippen molar-refractivity contribution < 1.29 is 19.1 Å². The highest BCUT2D eigenvalue weighted by Crippen LogP contribution is 2.24. The van der Waals surface area contributed by atoms with Crippen LogP contribution in [0, 0.1) is 0 Å². The molecule has 1 saturated carbocycles. The number of alkyl carbamates (subject to hydrolysis) is 1. The molecule has 0 bridgehead atoms. The Balaban J connectivity index is 2.24. The van der Waals surface area contributed by atoms with Crippen molar-refractivity contribution in [3.63, 3.8) is 0 Å².